The lowest BCUT2D eigenvalue weighted by atomic mass is 10.0. The molecule has 1 atom stereocenters. The number of rotatable bonds is 4. The lowest BCUT2D eigenvalue weighted by Gasteiger charge is -2.31. The molecule has 0 spiro atoms. The van der Waals surface area contributed by atoms with Crippen LogP contribution >= 0.6 is 11.6 Å². The molecule has 5 heteroatoms. The molecule has 0 amide bonds. The number of hydrogen-bond donors (Lipinski definition) is 1. The van der Waals surface area contributed by atoms with Crippen LogP contribution in [0.15, 0.2) is 24.3 Å². The van der Waals surface area contributed by atoms with Gasteiger partial charge >= 0.3 is 5.97 Å². The molecule has 0 aromatic heterocycles. The van der Waals surface area contributed by atoms with Crippen molar-refractivity contribution in [2.45, 2.75) is 12.5 Å². The Kier molecular flexibility index (Phi) is 4.58. The highest BCUT2D eigenvalue weighted by Crippen LogP contribution is 2.14. The Hall–Kier alpha value is -1.10. The third kappa shape index (κ3) is 3.45. The van der Waals surface area contributed by atoms with Gasteiger partial charge in [-0.1, -0.05) is 23.7 Å². The van der Waals surface area contributed by atoms with Crippen molar-refractivity contribution in [3.8, 4) is 0 Å². The Morgan fingerprint density at radius 2 is 1.94 bits per heavy atom. The summed E-state index contributed by atoms with van der Waals surface area (Å²) < 4.78 is 5.24. The van der Waals surface area contributed by atoms with Gasteiger partial charge < -0.3 is 9.84 Å². The molecule has 1 aliphatic rings. The van der Waals surface area contributed by atoms with E-state index < -0.39 is 12.0 Å². The molecular formula is C13H16ClNO3. The highest BCUT2D eigenvalue weighted by Gasteiger charge is 2.27. The van der Waals surface area contributed by atoms with E-state index in [1.807, 2.05) is 17.0 Å². The van der Waals surface area contributed by atoms with E-state index in [-0.39, 0.29) is 0 Å². The van der Waals surface area contributed by atoms with Gasteiger partial charge in [0.25, 0.3) is 0 Å². The van der Waals surface area contributed by atoms with Crippen LogP contribution in [-0.4, -0.2) is 48.3 Å². The Morgan fingerprint density at radius 3 is 2.50 bits per heavy atom. The first-order valence-corrected chi connectivity index (χ1v) is 6.33. The van der Waals surface area contributed by atoms with E-state index in [0.717, 1.165) is 5.56 Å². The molecule has 4 nitrogen and oxygen atoms in total. The molecule has 0 radical (unpaired) electrons. The summed E-state index contributed by atoms with van der Waals surface area (Å²) in [7, 11) is 0. The third-order valence-electron chi connectivity index (χ3n) is 3.11. The third-order valence-corrected chi connectivity index (χ3v) is 3.37. The summed E-state index contributed by atoms with van der Waals surface area (Å²) in [6, 6.07) is 6.83. The van der Waals surface area contributed by atoms with Crippen LogP contribution in [-0.2, 0) is 16.0 Å². The molecular weight excluding hydrogens is 254 g/mol. The fourth-order valence-corrected chi connectivity index (χ4v) is 2.23. The van der Waals surface area contributed by atoms with Crippen molar-refractivity contribution in [2.75, 3.05) is 26.3 Å². The van der Waals surface area contributed by atoms with Crippen LogP contribution in [0.5, 0.6) is 0 Å². The zero-order valence-corrected chi connectivity index (χ0v) is 10.8. The van der Waals surface area contributed by atoms with Crippen LogP contribution < -0.4 is 0 Å². The molecule has 2 rings (SSSR count). The Bertz CT molecular complexity index is 401. The Labute approximate surface area is 111 Å². The topological polar surface area (TPSA) is 49.8 Å². The molecule has 0 aliphatic carbocycles. The molecule has 0 bridgehead atoms. The van der Waals surface area contributed by atoms with E-state index in [9.17, 15) is 9.90 Å². The summed E-state index contributed by atoms with van der Waals surface area (Å²) in [5.74, 6) is -0.785. The summed E-state index contributed by atoms with van der Waals surface area (Å²) in [5.41, 5.74) is 0.985. The minimum absolute atomic E-state index is 0.491. The maximum atomic E-state index is 11.4. The monoisotopic (exact) mass is 269 g/mol. The number of hydrogen-bond acceptors (Lipinski definition) is 3. The Balaban J connectivity index is 2.05. The number of carboxylic acid groups (broad SMARTS) is 1. The second kappa shape index (κ2) is 6.18. The first kappa shape index (κ1) is 13.3. The highest BCUT2D eigenvalue weighted by molar-refractivity contribution is 6.30. The van der Waals surface area contributed by atoms with E-state index in [2.05, 4.69) is 0 Å². The number of halogens is 1. The van der Waals surface area contributed by atoms with Crippen molar-refractivity contribution < 1.29 is 14.6 Å². The molecule has 1 aliphatic heterocycles. The van der Waals surface area contributed by atoms with Gasteiger partial charge in [-0.05, 0) is 24.1 Å². The van der Waals surface area contributed by atoms with Gasteiger partial charge in [0.15, 0.2) is 0 Å². The van der Waals surface area contributed by atoms with Crippen LogP contribution in [0, 0.1) is 0 Å². The van der Waals surface area contributed by atoms with Crippen molar-refractivity contribution in [2.24, 2.45) is 0 Å². The minimum atomic E-state index is -0.785. The van der Waals surface area contributed by atoms with Crippen molar-refractivity contribution in [3.05, 3.63) is 34.9 Å². The second-order valence-corrected chi connectivity index (χ2v) is 4.77. The van der Waals surface area contributed by atoms with Crippen molar-refractivity contribution in [1.29, 1.82) is 0 Å². The summed E-state index contributed by atoms with van der Waals surface area (Å²) >= 11 is 5.82. The normalized spacial score (nSPS) is 18.5. The standard InChI is InChI=1S/C13H16ClNO3/c14-11-3-1-10(2-4-11)9-12(13(16)17)15-5-7-18-8-6-15/h1-4,12H,5-9H2,(H,16,17). The molecule has 1 aromatic rings. The number of carboxylic acids is 1. The SMILES string of the molecule is O=C(O)C(Cc1ccc(Cl)cc1)N1CCOCC1. The molecule has 18 heavy (non-hydrogen) atoms. The highest BCUT2D eigenvalue weighted by atomic mass is 35.5. The minimum Gasteiger partial charge on any atom is -0.480 e. The van der Waals surface area contributed by atoms with Gasteiger partial charge in [-0.25, -0.2) is 0 Å². The molecule has 1 unspecified atom stereocenters. The summed E-state index contributed by atoms with van der Waals surface area (Å²) in [5, 5.41) is 10.00. The molecule has 1 saturated heterocycles. The van der Waals surface area contributed by atoms with Gasteiger partial charge in [-0.2, -0.15) is 0 Å². The first-order valence-electron chi connectivity index (χ1n) is 5.96. The van der Waals surface area contributed by atoms with E-state index in [1.54, 1.807) is 12.1 Å². The maximum Gasteiger partial charge on any atom is 0.321 e. The summed E-state index contributed by atoms with van der Waals surface area (Å²) in [6.45, 7) is 2.55. The fourth-order valence-electron chi connectivity index (χ4n) is 2.11. The zero-order valence-electron chi connectivity index (χ0n) is 10.0. The van der Waals surface area contributed by atoms with Gasteiger partial charge in [0.1, 0.15) is 6.04 Å². The number of benzene rings is 1. The Morgan fingerprint density at radius 1 is 1.33 bits per heavy atom. The van der Waals surface area contributed by atoms with Crippen LogP contribution in [0.25, 0.3) is 0 Å². The average Bonchev–Trinajstić information content (AvgIpc) is 2.38. The zero-order chi connectivity index (χ0) is 13.0. The van der Waals surface area contributed by atoms with Crippen LogP contribution in [0.3, 0.4) is 0 Å². The molecule has 0 saturated carbocycles. The first-order chi connectivity index (χ1) is 8.66. The molecule has 1 aromatic carbocycles. The van der Waals surface area contributed by atoms with Gasteiger partial charge in [0.2, 0.25) is 0 Å². The molecule has 1 heterocycles. The van der Waals surface area contributed by atoms with E-state index in [4.69, 9.17) is 16.3 Å². The number of aliphatic carboxylic acids is 1. The van der Waals surface area contributed by atoms with Crippen LogP contribution in [0.2, 0.25) is 5.02 Å². The van der Waals surface area contributed by atoms with Crippen LogP contribution in [0.1, 0.15) is 5.56 Å². The average molecular weight is 270 g/mol. The predicted octanol–water partition coefficient (Wildman–Crippen LogP) is 1.67. The van der Waals surface area contributed by atoms with Crippen molar-refractivity contribution in [1.82, 2.24) is 4.90 Å². The number of carbonyl (C=O) groups is 1. The van der Waals surface area contributed by atoms with Gasteiger partial charge in [0, 0.05) is 18.1 Å². The quantitative estimate of drug-likeness (QED) is 0.903. The molecule has 98 valence electrons. The summed E-state index contributed by atoms with van der Waals surface area (Å²) in [6.07, 6.45) is 0.493. The smallest absolute Gasteiger partial charge is 0.321 e. The number of nitrogens with zero attached hydrogens (tertiary/aromatic N) is 1. The molecule has 1 fully saturated rings. The van der Waals surface area contributed by atoms with Crippen LogP contribution in [0.4, 0.5) is 0 Å². The van der Waals surface area contributed by atoms with Gasteiger partial charge in [-0.3, -0.25) is 9.69 Å². The van der Waals surface area contributed by atoms with E-state index >= 15 is 0 Å². The van der Waals surface area contributed by atoms with E-state index in [1.165, 1.54) is 0 Å². The predicted molar refractivity (Wildman–Crippen MR) is 69.0 cm³/mol. The lowest BCUT2D eigenvalue weighted by molar-refractivity contribution is -0.145. The van der Waals surface area contributed by atoms with Gasteiger partial charge in [0.05, 0.1) is 13.2 Å². The van der Waals surface area contributed by atoms with Crippen molar-refractivity contribution in [3.63, 3.8) is 0 Å². The van der Waals surface area contributed by atoms with E-state index in [0.29, 0.717) is 37.7 Å². The maximum absolute atomic E-state index is 11.4. The fraction of sp³-hybridized carbons (Fsp3) is 0.462. The second-order valence-electron chi connectivity index (χ2n) is 4.33. The van der Waals surface area contributed by atoms with Crippen molar-refractivity contribution >= 4 is 17.6 Å². The lowest BCUT2D eigenvalue weighted by Crippen LogP contribution is -2.48. The summed E-state index contributed by atoms with van der Waals surface area (Å²) in [4.78, 5) is 13.3. The molecule has 1 N–H and O–H groups in total. The number of morpholine rings is 1. The largest absolute Gasteiger partial charge is 0.480 e. The number of ether oxygens (including phenoxy) is 1. The van der Waals surface area contributed by atoms with Gasteiger partial charge in [-0.15, -0.1) is 0 Å².